The third kappa shape index (κ3) is 5.26. The molecule has 2 amide bonds. The van der Waals surface area contributed by atoms with Gasteiger partial charge in [-0.3, -0.25) is 0 Å². The lowest BCUT2D eigenvalue weighted by Crippen LogP contribution is -2.37. The van der Waals surface area contributed by atoms with Gasteiger partial charge < -0.3 is 15.4 Å². The number of nitrogens with one attached hydrogen (secondary N) is 2. The van der Waals surface area contributed by atoms with Gasteiger partial charge in [-0.05, 0) is 42.0 Å². The monoisotopic (exact) mass is 370 g/mol. The van der Waals surface area contributed by atoms with Crippen molar-refractivity contribution in [3.05, 3.63) is 77.6 Å². The summed E-state index contributed by atoms with van der Waals surface area (Å²) in [5, 5.41) is 10.4. The quantitative estimate of drug-likeness (QED) is 0.626. The number of amides is 2. The van der Waals surface area contributed by atoms with Gasteiger partial charge in [0.15, 0.2) is 0 Å². The van der Waals surface area contributed by atoms with Gasteiger partial charge in [-0.25, -0.2) is 9.48 Å². The van der Waals surface area contributed by atoms with Crippen LogP contribution in [0.5, 0.6) is 5.75 Å². The van der Waals surface area contributed by atoms with Gasteiger partial charge >= 0.3 is 6.03 Å². The first-order chi connectivity index (χ1) is 12.7. The maximum atomic E-state index is 11.9. The lowest BCUT2D eigenvalue weighted by atomic mass is 10.2. The van der Waals surface area contributed by atoms with E-state index >= 15 is 0 Å². The largest absolute Gasteiger partial charge is 0.492 e. The Morgan fingerprint density at radius 2 is 2.00 bits per heavy atom. The Morgan fingerprint density at radius 1 is 1.12 bits per heavy atom. The number of nitrogens with zero attached hydrogens (tertiary/aromatic N) is 2. The minimum atomic E-state index is -0.246. The van der Waals surface area contributed by atoms with Crippen molar-refractivity contribution in [1.29, 1.82) is 0 Å². The van der Waals surface area contributed by atoms with Gasteiger partial charge in [0.05, 0.1) is 12.2 Å². The molecule has 0 aliphatic carbocycles. The maximum Gasteiger partial charge on any atom is 0.315 e. The molecule has 0 saturated carbocycles. The second-order valence-corrected chi connectivity index (χ2v) is 5.97. The van der Waals surface area contributed by atoms with Crippen molar-refractivity contribution in [2.24, 2.45) is 0 Å². The van der Waals surface area contributed by atoms with Crippen LogP contribution in [0.2, 0.25) is 5.02 Å². The molecule has 0 spiro atoms. The van der Waals surface area contributed by atoms with Crippen LogP contribution in [0.1, 0.15) is 5.56 Å². The summed E-state index contributed by atoms with van der Waals surface area (Å²) in [6.45, 7) is 1.18. The second kappa shape index (κ2) is 8.92. The lowest BCUT2D eigenvalue weighted by Gasteiger charge is -2.10. The number of halogens is 1. The minimum Gasteiger partial charge on any atom is -0.492 e. The van der Waals surface area contributed by atoms with Crippen molar-refractivity contribution in [2.45, 2.75) is 6.54 Å². The summed E-state index contributed by atoms with van der Waals surface area (Å²) >= 11 is 5.89. The predicted molar refractivity (Wildman–Crippen MR) is 101 cm³/mol. The highest BCUT2D eigenvalue weighted by Gasteiger charge is 2.02. The topological polar surface area (TPSA) is 68.2 Å². The molecule has 0 fully saturated rings. The van der Waals surface area contributed by atoms with Gasteiger partial charge in [-0.15, -0.1) is 0 Å². The minimum absolute atomic E-state index is 0.246. The van der Waals surface area contributed by atoms with E-state index in [0.29, 0.717) is 30.5 Å². The van der Waals surface area contributed by atoms with Gasteiger partial charge in [0, 0.05) is 24.0 Å². The van der Waals surface area contributed by atoms with E-state index in [-0.39, 0.29) is 6.03 Å². The fourth-order valence-corrected chi connectivity index (χ4v) is 2.55. The van der Waals surface area contributed by atoms with Crippen LogP contribution in [0.3, 0.4) is 0 Å². The lowest BCUT2D eigenvalue weighted by molar-refractivity contribution is 0.236. The van der Waals surface area contributed by atoms with E-state index in [2.05, 4.69) is 15.7 Å². The second-order valence-electron chi connectivity index (χ2n) is 5.54. The number of hydrogen-bond acceptors (Lipinski definition) is 3. The number of hydrogen-bond donors (Lipinski definition) is 2. The summed E-state index contributed by atoms with van der Waals surface area (Å²) in [6.07, 6.45) is 3.60. The zero-order chi connectivity index (χ0) is 18.2. The molecule has 6 nitrogen and oxygen atoms in total. The molecule has 3 aromatic rings. The molecule has 0 unspecified atom stereocenters. The van der Waals surface area contributed by atoms with Crippen molar-refractivity contribution in [3.8, 4) is 11.4 Å². The maximum absolute atomic E-state index is 11.9. The molecule has 1 heterocycles. The first-order valence-corrected chi connectivity index (χ1v) is 8.57. The number of ether oxygens (including phenoxy) is 1. The molecule has 26 heavy (non-hydrogen) atoms. The zero-order valence-corrected chi connectivity index (χ0v) is 14.8. The molecule has 0 aliphatic rings. The smallest absolute Gasteiger partial charge is 0.315 e. The molecule has 2 N–H and O–H groups in total. The van der Waals surface area contributed by atoms with Crippen molar-refractivity contribution in [1.82, 2.24) is 20.4 Å². The van der Waals surface area contributed by atoms with Crippen LogP contribution < -0.4 is 15.4 Å². The highest BCUT2D eigenvalue weighted by molar-refractivity contribution is 6.30. The van der Waals surface area contributed by atoms with Gasteiger partial charge in [-0.1, -0.05) is 29.8 Å². The van der Waals surface area contributed by atoms with E-state index in [9.17, 15) is 4.79 Å². The fourth-order valence-electron chi connectivity index (χ4n) is 2.37. The highest BCUT2D eigenvalue weighted by Crippen LogP contribution is 2.16. The average Bonchev–Trinajstić information content (AvgIpc) is 3.19. The summed E-state index contributed by atoms with van der Waals surface area (Å²) < 4.78 is 7.29. The fraction of sp³-hybridized carbons (Fsp3) is 0.158. The van der Waals surface area contributed by atoms with Crippen LogP contribution in [0.4, 0.5) is 4.79 Å². The normalized spacial score (nSPS) is 10.3. The molecule has 1 aromatic heterocycles. The standard InChI is InChI=1S/C19H19ClN4O2/c20-16-5-2-7-18(13-16)26-11-9-21-19(25)22-14-15-4-1-6-17(12-15)24-10-3-8-23-24/h1-8,10,12-13H,9,11,14H2,(H2,21,22,25). The van der Waals surface area contributed by atoms with Crippen molar-refractivity contribution in [3.63, 3.8) is 0 Å². The Balaban J connectivity index is 1.39. The van der Waals surface area contributed by atoms with E-state index in [0.717, 1.165) is 11.3 Å². The first kappa shape index (κ1) is 17.8. The molecule has 0 aliphatic heterocycles. The Hall–Kier alpha value is -2.99. The van der Waals surface area contributed by atoms with E-state index in [4.69, 9.17) is 16.3 Å². The zero-order valence-electron chi connectivity index (χ0n) is 14.1. The molecule has 0 radical (unpaired) electrons. The summed E-state index contributed by atoms with van der Waals surface area (Å²) in [5.74, 6) is 0.676. The number of aromatic nitrogens is 2. The molecule has 0 atom stereocenters. The van der Waals surface area contributed by atoms with E-state index in [1.54, 1.807) is 23.0 Å². The molecular formula is C19H19ClN4O2. The Labute approximate surface area is 156 Å². The summed E-state index contributed by atoms with van der Waals surface area (Å²) in [4.78, 5) is 11.9. The third-order valence-electron chi connectivity index (χ3n) is 3.59. The molecule has 0 bridgehead atoms. The van der Waals surface area contributed by atoms with Crippen LogP contribution in [0.15, 0.2) is 67.0 Å². The van der Waals surface area contributed by atoms with Crippen molar-refractivity contribution < 1.29 is 9.53 Å². The van der Waals surface area contributed by atoms with Crippen molar-refractivity contribution >= 4 is 17.6 Å². The summed E-state index contributed by atoms with van der Waals surface area (Å²) in [7, 11) is 0. The Bertz CT molecular complexity index is 852. The predicted octanol–water partition coefficient (Wildman–Crippen LogP) is 3.40. The number of rotatable bonds is 7. The van der Waals surface area contributed by atoms with Gasteiger partial charge in [0.2, 0.25) is 0 Å². The van der Waals surface area contributed by atoms with Gasteiger partial charge in [0.25, 0.3) is 0 Å². The molecule has 2 aromatic carbocycles. The van der Waals surface area contributed by atoms with E-state index in [1.165, 1.54) is 0 Å². The number of benzene rings is 2. The summed E-state index contributed by atoms with van der Waals surface area (Å²) in [6, 6.07) is 16.6. The van der Waals surface area contributed by atoms with Crippen LogP contribution >= 0.6 is 11.6 Å². The summed E-state index contributed by atoms with van der Waals surface area (Å²) in [5.41, 5.74) is 1.94. The Morgan fingerprint density at radius 3 is 2.81 bits per heavy atom. The molecule has 0 saturated heterocycles. The Kier molecular flexibility index (Phi) is 6.11. The molecular weight excluding hydrogens is 352 g/mol. The van der Waals surface area contributed by atoms with Gasteiger partial charge in [0.1, 0.15) is 12.4 Å². The molecule has 3 rings (SSSR count). The van der Waals surface area contributed by atoms with Crippen LogP contribution in [-0.2, 0) is 6.54 Å². The molecule has 134 valence electrons. The highest BCUT2D eigenvalue weighted by atomic mass is 35.5. The van der Waals surface area contributed by atoms with Crippen LogP contribution in [-0.4, -0.2) is 29.0 Å². The van der Waals surface area contributed by atoms with Gasteiger partial charge in [-0.2, -0.15) is 5.10 Å². The SMILES string of the molecule is O=C(NCCOc1cccc(Cl)c1)NCc1cccc(-n2cccn2)c1. The first-order valence-electron chi connectivity index (χ1n) is 8.20. The number of carbonyl (C=O) groups is 1. The van der Waals surface area contributed by atoms with Crippen LogP contribution in [0.25, 0.3) is 5.69 Å². The van der Waals surface area contributed by atoms with E-state index < -0.39 is 0 Å². The third-order valence-corrected chi connectivity index (χ3v) is 3.82. The number of urea groups is 1. The average molecular weight is 371 g/mol. The van der Waals surface area contributed by atoms with Crippen LogP contribution in [0, 0.1) is 0 Å². The van der Waals surface area contributed by atoms with E-state index in [1.807, 2.05) is 48.7 Å². The number of carbonyl (C=O) groups excluding carboxylic acids is 1. The van der Waals surface area contributed by atoms with Crippen molar-refractivity contribution in [2.75, 3.05) is 13.2 Å². The molecule has 7 heteroatoms.